The first-order valence-electron chi connectivity index (χ1n) is 8.45. The van der Waals surface area contributed by atoms with Gasteiger partial charge in [0.25, 0.3) is 0 Å². The van der Waals surface area contributed by atoms with Gasteiger partial charge in [0.2, 0.25) is 0 Å². The van der Waals surface area contributed by atoms with Crippen molar-refractivity contribution in [3.05, 3.63) is 45.2 Å². The number of ether oxygens (including phenoxy) is 3. The number of hydrogen-bond donors (Lipinski definition) is 1. The summed E-state index contributed by atoms with van der Waals surface area (Å²) in [5.74, 6) is -0.279. The van der Waals surface area contributed by atoms with E-state index in [0.717, 1.165) is 0 Å². The topological polar surface area (TPSA) is 87.0 Å². The Hall–Kier alpha value is -2.51. The van der Waals surface area contributed by atoms with E-state index in [9.17, 15) is 14.7 Å². The lowest BCUT2D eigenvalue weighted by Crippen LogP contribution is -2.30. The minimum atomic E-state index is -1.27. The summed E-state index contributed by atoms with van der Waals surface area (Å²) in [6, 6.07) is 4.64. The van der Waals surface area contributed by atoms with Crippen molar-refractivity contribution < 1.29 is 24.1 Å². The van der Waals surface area contributed by atoms with Gasteiger partial charge in [-0.2, -0.15) is 0 Å². The van der Waals surface area contributed by atoms with E-state index in [-0.39, 0.29) is 11.5 Å². The van der Waals surface area contributed by atoms with Crippen molar-refractivity contribution in [2.24, 2.45) is 5.92 Å². The normalized spacial score (nSPS) is 15.1. The maximum absolute atomic E-state index is 12.2. The first-order chi connectivity index (χ1) is 12.8. The number of methoxy groups -OCH3 is 1. The molecule has 1 unspecified atom stereocenters. The standard InChI is InChI=1S/C19H20ClNO6/c1-10(2)18-21-9-12(19(23)24)15(22)7-14(21)11-6-13(20)17(8-16(11)27-18)26-5-4-25-3/h6-10,18H,4-5H2,1-3H3,(H,23,24). The maximum Gasteiger partial charge on any atom is 0.341 e. The van der Waals surface area contributed by atoms with Crippen LogP contribution < -0.4 is 14.9 Å². The van der Waals surface area contributed by atoms with Gasteiger partial charge in [-0.15, -0.1) is 0 Å². The van der Waals surface area contributed by atoms with Gasteiger partial charge in [0, 0.05) is 36.9 Å². The number of hydrogen-bond acceptors (Lipinski definition) is 5. The molecule has 0 spiro atoms. The number of pyridine rings is 1. The molecule has 0 bridgehead atoms. The number of nitrogens with zero attached hydrogens (tertiary/aromatic N) is 1. The Morgan fingerprint density at radius 1 is 1.33 bits per heavy atom. The highest BCUT2D eigenvalue weighted by atomic mass is 35.5. The summed E-state index contributed by atoms with van der Waals surface area (Å²) in [7, 11) is 1.58. The molecule has 0 radical (unpaired) electrons. The molecule has 0 fully saturated rings. The van der Waals surface area contributed by atoms with Crippen molar-refractivity contribution in [1.29, 1.82) is 0 Å². The van der Waals surface area contributed by atoms with Gasteiger partial charge in [-0.25, -0.2) is 4.79 Å². The molecule has 27 heavy (non-hydrogen) atoms. The Bertz CT molecular complexity index is 937. The predicted molar refractivity (Wildman–Crippen MR) is 100.0 cm³/mol. The number of rotatable bonds is 6. The maximum atomic E-state index is 12.2. The van der Waals surface area contributed by atoms with Crippen LogP contribution in [0.5, 0.6) is 11.5 Å². The molecule has 8 heteroatoms. The van der Waals surface area contributed by atoms with Crippen molar-refractivity contribution in [2.75, 3.05) is 20.3 Å². The van der Waals surface area contributed by atoms with Crippen LogP contribution in [0.1, 0.15) is 30.4 Å². The van der Waals surface area contributed by atoms with Crippen LogP contribution in [-0.2, 0) is 4.74 Å². The zero-order valence-electron chi connectivity index (χ0n) is 15.2. The minimum Gasteiger partial charge on any atom is -0.489 e. The number of fused-ring (bicyclic) bond motifs is 3. The van der Waals surface area contributed by atoms with Gasteiger partial charge in [-0.1, -0.05) is 25.4 Å². The lowest BCUT2D eigenvalue weighted by Gasteiger charge is -2.34. The predicted octanol–water partition coefficient (Wildman–Crippen LogP) is 3.44. The molecule has 1 N–H and O–H groups in total. The molecule has 2 aromatic rings. The summed E-state index contributed by atoms with van der Waals surface area (Å²) in [5.41, 5.74) is 0.281. The highest BCUT2D eigenvalue weighted by Crippen LogP contribution is 2.44. The zero-order valence-corrected chi connectivity index (χ0v) is 15.9. The second-order valence-corrected chi connectivity index (χ2v) is 6.93. The largest absolute Gasteiger partial charge is 0.489 e. The number of halogens is 1. The highest BCUT2D eigenvalue weighted by Gasteiger charge is 2.30. The van der Waals surface area contributed by atoms with Crippen molar-refractivity contribution in [3.8, 4) is 22.8 Å². The highest BCUT2D eigenvalue weighted by molar-refractivity contribution is 6.32. The minimum absolute atomic E-state index is 0.0228. The number of aromatic nitrogens is 1. The van der Waals surface area contributed by atoms with Crippen LogP contribution in [0, 0.1) is 5.92 Å². The van der Waals surface area contributed by atoms with Crippen molar-refractivity contribution in [1.82, 2.24) is 4.57 Å². The van der Waals surface area contributed by atoms with Crippen LogP contribution >= 0.6 is 11.6 Å². The van der Waals surface area contributed by atoms with Crippen LogP contribution in [0.4, 0.5) is 0 Å². The summed E-state index contributed by atoms with van der Waals surface area (Å²) < 4.78 is 18.3. The molecule has 144 valence electrons. The number of carbonyl (C=O) groups is 1. The van der Waals surface area contributed by atoms with Gasteiger partial charge in [-0.05, 0) is 6.07 Å². The molecular weight excluding hydrogens is 374 g/mol. The molecule has 3 rings (SSSR count). The first-order valence-corrected chi connectivity index (χ1v) is 8.83. The van der Waals surface area contributed by atoms with Crippen molar-refractivity contribution in [3.63, 3.8) is 0 Å². The van der Waals surface area contributed by atoms with Gasteiger partial charge < -0.3 is 23.9 Å². The van der Waals surface area contributed by atoms with Gasteiger partial charge in [0.05, 0.1) is 17.3 Å². The third-order valence-corrected chi connectivity index (χ3v) is 4.55. The number of carboxylic acid groups (broad SMARTS) is 1. The Morgan fingerprint density at radius 3 is 2.70 bits per heavy atom. The molecule has 2 heterocycles. The smallest absolute Gasteiger partial charge is 0.341 e. The third-order valence-electron chi connectivity index (χ3n) is 4.26. The van der Waals surface area contributed by atoms with Gasteiger partial charge >= 0.3 is 5.97 Å². The van der Waals surface area contributed by atoms with Gasteiger partial charge in [0.15, 0.2) is 11.7 Å². The first kappa shape index (κ1) is 19.3. The van der Waals surface area contributed by atoms with E-state index >= 15 is 0 Å². The van der Waals surface area contributed by atoms with Crippen molar-refractivity contribution in [2.45, 2.75) is 20.1 Å². The van der Waals surface area contributed by atoms with Gasteiger partial charge in [-0.3, -0.25) is 4.79 Å². The molecular formula is C19H20ClNO6. The van der Waals surface area contributed by atoms with Crippen LogP contribution in [0.15, 0.2) is 29.2 Å². The van der Waals surface area contributed by atoms with E-state index in [0.29, 0.717) is 41.0 Å². The molecule has 0 aliphatic carbocycles. The van der Waals surface area contributed by atoms with E-state index in [1.807, 2.05) is 13.8 Å². The van der Waals surface area contributed by atoms with E-state index in [4.69, 9.17) is 25.8 Å². The molecule has 0 saturated heterocycles. The van der Waals surface area contributed by atoms with Crippen LogP contribution in [0.25, 0.3) is 11.3 Å². The fourth-order valence-corrected chi connectivity index (χ4v) is 3.18. The van der Waals surface area contributed by atoms with Crippen molar-refractivity contribution >= 4 is 17.6 Å². The molecule has 0 saturated carbocycles. The molecule has 1 aliphatic rings. The summed E-state index contributed by atoms with van der Waals surface area (Å²) in [6.45, 7) is 4.65. The molecule has 7 nitrogen and oxygen atoms in total. The average molecular weight is 394 g/mol. The second-order valence-electron chi connectivity index (χ2n) is 6.52. The number of benzene rings is 1. The summed E-state index contributed by atoms with van der Waals surface area (Å²) in [5, 5.41) is 9.63. The van der Waals surface area contributed by atoms with Gasteiger partial charge in [0.1, 0.15) is 23.7 Å². The zero-order chi connectivity index (χ0) is 19.7. The van der Waals surface area contributed by atoms with E-state index in [1.54, 1.807) is 23.8 Å². The average Bonchev–Trinajstić information content (AvgIpc) is 2.61. The molecule has 1 aliphatic heterocycles. The molecule has 1 aromatic heterocycles. The monoisotopic (exact) mass is 393 g/mol. The van der Waals surface area contributed by atoms with E-state index in [1.165, 1.54) is 12.3 Å². The fourth-order valence-electron chi connectivity index (χ4n) is 2.96. The lowest BCUT2D eigenvalue weighted by molar-refractivity contribution is 0.0676. The SMILES string of the molecule is COCCOc1cc2c(cc1Cl)-c1cc(=O)c(C(=O)O)cn1C(C(C)C)O2. The van der Waals surface area contributed by atoms with E-state index in [2.05, 4.69) is 0 Å². The van der Waals surface area contributed by atoms with Crippen LogP contribution in [0.3, 0.4) is 0 Å². The Morgan fingerprint density at radius 2 is 2.07 bits per heavy atom. The third kappa shape index (κ3) is 3.65. The quantitative estimate of drug-likeness (QED) is 0.756. The lowest BCUT2D eigenvalue weighted by atomic mass is 10.0. The molecule has 1 atom stereocenters. The Kier molecular flexibility index (Phi) is 5.43. The fraction of sp³-hybridized carbons (Fsp3) is 0.368. The number of aromatic carboxylic acids is 1. The summed E-state index contributed by atoms with van der Waals surface area (Å²) >= 11 is 6.32. The number of carboxylic acids is 1. The second kappa shape index (κ2) is 7.62. The van der Waals surface area contributed by atoms with Crippen LogP contribution in [-0.4, -0.2) is 36.0 Å². The Balaban J connectivity index is 2.14. The summed E-state index contributed by atoms with van der Waals surface area (Å²) in [6.07, 6.45) is 0.851. The Labute approximate surface area is 161 Å². The van der Waals surface area contributed by atoms with E-state index < -0.39 is 17.6 Å². The summed E-state index contributed by atoms with van der Waals surface area (Å²) in [4.78, 5) is 23.6. The van der Waals surface area contributed by atoms with Crippen LogP contribution in [0.2, 0.25) is 5.02 Å². The molecule has 1 aromatic carbocycles. The molecule has 0 amide bonds.